The van der Waals surface area contributed by atoms with Crippen LogP contribution in [0.2, 0.25) is 5.31 Å². The van der Waals surface area contributed by atoms with Gasteiger partial charge in [-0.15, -0.1) is 0 Å². The van der Waals surface area contributed by atoms with Crippen molar-refractivity contribution < 1.29 is 14.2 Å². The fourth-order valence-corrected chi connectivity index (χ4v) is 2.32. The van der Waals surface area contributed by atoms with Gasteiger partial charge in [0, 0.05) is 16.5 Å². The second kappa shape index (κ2) is 4.13. The second-order valence-electron chi connectivity index (χ2n) is 5.89. The highest BCUT2D eigenvalue weighted by atomic mass is 16.5. The first kappa shape index (κ1) is 13.2. The molecule has 0 bridgehead atoms. The van der Waals surface area contributed by atoms with Crippen LogP contribution >= 0.6 is 0 Å². The summed E-state index contributed by atoms with van der Waals surface area (Å²) in [5, 5.41) is 0.0273. The normalized spacial score (nSPS) is 20.2. The fourth-order valence-electron chi connectivity index (χ4n) is 2.32. The zero-order valence-electron chi connectivity index (χ0n) is 11.6. The smallest absolute Gasteiger partial charge is 0.336 e. The summed E-state index contributed by atoms with van der Waals surface area (Å²) < 4.78 is 11.2. The topological polar surface area (TPSA) is 35.5 Å². The number of aldehydes is 1. The van der Waals surface area contributed by atoms with E-state index in [2.05, 4.69) is 27.7 Å². The van der Waals surface area contributed by atoms with Crippen molar-refractivity contribution in [3.63, 3.8) is 0 Å². The molecule has 1 aliphatic rings. The van der Waals surface area contributed by atoms with E-state index in [1.165, 1.54) is 0 Å². The van der Waals surface area contributed by atoms with Crippen molar-refractivity contribution in [1.29, 1.82) is 0 Å². The van der Waals surface area contributed by atoms with Crippen molar-refractivity contribution in [3.8, 4) is 5.75 Å². The van der Waals surface area contributed by atoms with Crippen LogP contribution in [-0.4, -0.2) is 25.9 Å². The molecule has 3 nitrogen and oxygen atoms in total. The molecule has 1 aliphatic heterocycles. The Morgan fingerprint density at radius 3 is 2.33 bits per heavy atom. The van der Waals surface area contributed by atoms with Crippen molar-refractivity contribution in [2.45, 2.75) is 38.6 Å². The van der Waals surface area contributed by atoms with Gasteiger partial charge >= 0.3 is 6.92 Å². The van der Waals surface area contributed by atoms with E-state index in [-0.39, 0.29) is 17.8 Å². The molecule has 18 heavy (non-hydrogen) atoms. The summed E-state index contributed by atoms with van der Waals surface area (Å²) >= 11 is 0. The molecular weight excluding hydrogens is 227 g/mol. The first-order valence-electron chi connectivity index (χ1n) is 6.14. The zero-order valence-corrected chi connectivity index (χ0v) is 11.6. The van der Waals surface area contributed by atoms with E-state index in [1.54, 1.807) is 13.2 Å². The van der Waals surface area contributed by atoms with Crippen LogP contribution in [0.1, 0.15) is 38.1 Å². The molecule has 2 rings (SSSR count). The van der Waals surface area contributed by atoms with E-state index in [0.29, 0.717) is 11.3 Å². The average molecular weight is 246 g/mol. The summed E-state index contributed by atoms with van der Waals surface area (Å²) in [5.41, 5.74) is 1.47. The predicted octanol–water partition coefficient (Wildman–Crippen LogP) is 2.30. The van der Waals surface area contributed by atoms with Gasteiger partial charge in [-0.1, -0.05) is 19.9 Å². The van der Waals surface area contributed by atoms with Crippen LogP contribution in [0.5, 0.6) is 5.75 Å². The second-order valence-corrected chi connectivity index (χ2v) is 5.89. The van der Waals surface area contributed by atoms with E-state index in [4.69, 9.17) is 9.39 Å². The molecule has 0 atom stereocenters. The summed E-state index contributed by atoms with van der Waals surface area (Å²) in [6.07, 6.45) is 0.836. The highest BCUT2D eigenvalue weighted by Gasteiger charge is 2.59. The lowest BCUT2D eigenvalue weighted by atomic mass is 9.33. The Morgan fingerprint density at radius 1 is 1.22 bits per heavy atom. The van der Waals surface area contributed by atoms with Gasteiger partial charge in [0.1, 0.15) is 12.0 Å². The van der Waals surface area contributed by atoms with E-state index in [9.17, 15) is 4.79 Å². The highest BCUT2D eigenvalue weighted by Crippen LogP contribution is 2.53. The van der Waals surface area contributed by atoms with E-state index >= 15 is 0 Å². The molecule has 1 aromatic rings. The van der Waals surface area contributed by atoms with Gasteiger partial charge < -0.3 is 9.39 Å². The molecule has 0 amide bonds. The maximum absolute atomic E-state index is 10.9. The predicted molar refractivity (Wildman–Crippen MR) is 73.0 cm³/mol. The van der Waals surface area contributed by atoms with Gasteiger partial charge in [0.05, 0.1) is 7.11 Å². The minimum Gasteiger partial charge on any atom is -0.497 e. The summed E-state index contributed by atoms with van der Waals surface area (Å²) in [4.78, 5) is 10.9. The van der Waals surface area contributed by atoms with Crippen LogP contribution in [0, 0.1) is 0 Å². The Bertz CT molecular complexity index is 480. The van der Waals surface area contributed by atoms with E-state index in [1.807, 2.05) is 12.1 Å². The number of hydrogen-bond acceptors (Lipinski definition) is 3. The molecule has 0 radical (unpaired) electrons. The SMILES string of the molecule is COc1cc(C=O)cc(B2OC(C)(C)C2(C)C)c1. The molecule has 1 fully saturated rings. The van der Waals surface area contributed by atoms with Gasteiger partial charge in [0.25, 0.3) is 0 Å². The summed E-state index contributed by atoms with van der Waals surface area (Å²) in [5.74, 6) is 0.693. The number of ether oxygens (including phenoxy) is 1. The van der Waals surface area contributed by atoms with E-state index in [0.717, 1.165) is 11.7 Å². The van der Waals surface area contributed by atoms with Crippen molar-refractivity contribution in [2.75, 3.05) is 7.11 Å². The summed E-state index contributed by atoms with van der Waals surface area (Å²) in [6, 6.07) is 5.54. The zero-order chi connectivity index (χ0) is 13.6. The minimum atomic E-state index is -0.151. The van der Waals surface area contributed by atoms with Crippen LogP contribution in [0.25, 0.3) is 0 Å². The largest absolute Gasteiger partial charge is 0.497 e. The lowest BCUT2D eigenvalue weighted by molar-refractivity contribution is -0.00941. The van der Waals surface area contributed by atoms with Crippen LogP contribution in [-0.2, 0) is 4.65 Å². The molecule has 0 unspecified atom stereocenters. The number of carbonyl (C=O) groups excluding carboxylic acids is 1. The first-order valence-corrected chi connectivity index (χ1v) is 6.14. The van der Waals surface area contributed by atoms with Crippen LogP contribution in [0.4, 0.5) is 0 Å². The van der Waals surface area contributed by atoms with Crippen LogP contribution in [0.3, 0.4) is 0 Å². The number of hydrogen-bond donors (Lipinski definition) is 0. The molecule has 1 saturated heterocycles. The maximum atomic E-state index is 10.9. The van der Waals surface area contributed by atoms with Gasteiger partial charge in [-0.05, 0) is 31.4 Å². The Balaban J connectivity index is 2.38. The quantitative estimate of drug-likeness (QED) is 0.606. The van der Waals surface area contributed by atoms with Crippen molar-refractivity contribution in [3.05, 3.63) is 23.8 Å². The Kier molecular flexibility index (Phi) is 3.02. The monoisotopic (exact) mass is 246 g/mol. The fraction of sp³-hybridized carbons (Fsp3) is 0.500. The van der Waals surface area contributed by atoms with Gasteiger partial charge in [-0.3, -0.25) is 4.79 Å². The molecule has 0 aromatic heterocycles. The molecule has 0 saturated carbocycles. The van der Waals surface area contributed by atoms with E-state index < -0.39 is 0 Å². The first-order chi connectivity index (χ1) is 8.31. The number of rotatable bonds is 3. The van der Waals surface area contributed by atoms with Crippen molar-refractivity contribution >= 4 is 18.7 Å². The molecule has 0 N–H and O–H groups in total. The Morgan fingerprint density at radius 2 is 1.89 bits per heavy atom. The molecule has 4 heteroatoms. The van der Waals surface area contributed by atoms with Crippen LogP contribution < -0.4 is 10.2 Å². The molecule has 1 heterocycles. The minimum absolute atomic E-state index is 0.00120. The molecule has 0 aliphatic carbocycles. The van der Waals surface area contributed by atoms with Gasteiger partial charge in [-0.2, -0.15) is 0 Å². The van der Waals surface area contributed by atoms with Gasteiger partial charge in [0.15, 0.2) is 0 Å². The third-order valence-electron chi connectivity index (χ3n) is 4.25. The molecule has 0 spiro atoms. The summed E-state index contributed by atoms with van der Waals surface area (Å²) in [7, 11) is 1.60. The third kappa shape index (κ3) is 1.85. The van der Waals surface area contributed by atoms with Crippen molar-refractivity contribution in [2.24, 2.45) is 0 Å². The molecule has 96 valence electrons. The van der Waals surface area contributed by atoms with Crippen molar-refractivity contribution in [1.82, 2.24) is 0 Å². The number of methoxy groups -OCH3 is 1. The van der Waals surface area contributed by atoms with Gasteiger partial charge in [0.2, 0.25) is 0 Å². The van der Waals surface area contributed by atoms with Crippen LogP contribution in [0.15, 0.2) is 18.2 Å². The number of carbonyl (C=O) groups is 1. The molecular formula is C14H19BO3. The maximum Gasteiger partial charge on any atom is 0.336 e. The van der Waals surface area contributed by atoms with Gasteiger partial charge in [-0.25, -0.2) is 0 Å². The average Bonchev–Trinajstić information content (AvgIpc) is 2.35. The number of benzene rings is 1. The molecule has 1 aromatic carbocycles. The highest BCUT2D eigenvalue weighted by molar-refractivity contribution is 6.73. The Labute approximate surface area is 109 Å². The lowest BCUT2D eigenvalue weighted by Gasteiger charge is -2.57. The Hall–Kier alpha value is -1.29. The lowest BCUT2D eigenvalue weighted by Crippen LogP contribution is -2.66. The third-order valence-corrected chi connectivity index (χ3v) is 4.25. The summed E-state index contributed by atoms with van der Waals surface area (Å²) in [6.45, 7) is 8.54. The standard InChI is InChI=1S/C14H19BO3/c1-13(2)14(3,4)18-15(13)11-6-10(9-16)7-12(8-11)17-5/h6-9H,1-5H3.